The lowest BCUT2D eigenvalue weighted by molar-refractivity contribution is 0.350. The van der Waals surface area contributed by atoms with E-state index in [1.807, 2.05) is 13.0 Å². The van der Waals surface area contributed by atoms with Crippen molar-refractivity contribution in [2.24, 2.45) is 5.92 Å². The minimum absolute atomic E-state index is 0.378. The van der Waals surface area contributed by atoms with Crippen molar-refractivity contribution in [1.29, 1.82) is 0 Å². The van der Waals surface area contributed by atoms with Gasteiger partial charge in [0.25, 0.3) is 0 Å². The molecule has 0 amide bonds. The molecule has 1 heterocycles. The summed E-state index contributed by atoms with van der Waals surface area (Å²) in [5.41, 5.74) is 0.905. The third-order valence-electron chi connectivity index (χ3n) is 3.46. The van der Waals surface area contributed by atoms with Gasteiger partial charge in [-0.05, 0) is 25.7 Å². The van der Waals surface area contributed by atoms with Crippen LogP contribution < -0.4 is 10.1 Å². The van der Waals surface area contributed by atoms with Crippen LogP contribution in [0.5, 0.6) is 5.88 Å². The summed E-state index contributed by atoms with van der Waals surface area (Å²) in [4.78, 5) is 8.73. The van der Waals surface area contributed by atoms with Crippen molar-refractivity contribution in [2.45, 2.75) is 38.6 Å². The van der Waals surface area contributed by atoms with E-state index in [1.165, 1.54) is 19.3 Å². The molecule has 2 atom stereocenters. The van der Waals surface area contributed by atoms with E-state index in [-0.39, 0.29) is 0 Å². The first-order valence-electron chi connectivity index (χ1n) is 6.45. The average molecular weight is 270 g/mol. The van der Waals surface area contributed by atoms with Gasteiger partial charge in [-0.1, -0.05) is 12.8 Å². The van der Waals surface area contributed by atoms with Crippen LogP contribution in [-0.4, -0.2) is 29.0 Å². The number of nitrogens with zero attached hydrogens (tertiary/aromatic N) is 2. The fraction of sp³-hybridized carbons (Fsp3) is 0.692. The fourth-order valence-corrected chi connectivity index (χ4v) is 2.83. The van der Waals surface area contributed by atoms with Crippen molar-refractivity contribution in [3.8, 4) is 5.88 Å². The molecule has 100 valence electrons. The Morgan fingerprint density at radius 2 is 2.17 bits per heavy atom. The number of alkyl halides is 1. The highest BCUT2D eigenvalue weighted by atomic mass is 35.5. The monoisotopic (exact) mass is 269 g/mol. The van der Waals surface area contributed by atoms with E-state index in [1.54, 1.807) is 7.11 Å². The van der Waals surface area contributed by atoms with Gasteiger partial charge in [-0.25, -0.2) is 4.98 Å². The number of aromatic nitrogens is 2. The van der Waals surface area contributed by atoms with Gasteiger partial charge < -0.3 is 10.1 Å². The van der Waals surface area contributed by atoms with Gasteiger partial charge in [-0.15, -0.1) is 11.6 Å². The topological polar surface area (TPSA) is 47.0 Å². The van der Waals surface area contributed by atoms with Crippen molar-refractivity contribution in [1.82, 2.24) is 9.97 Å². The molecule has 0 saturated heterocycles. The molecule has 1 aliphatic rings. The summed E-state index contributed by atoms with van der Waals surface area (Å²) in [5, 5.41) is 3.41. The first-order valence-corrected chi connectivity index (χ1v) is 6.98. The van der Waals surface area contributed by atoms with Gasteiger partial charge in [-0.2, -0.15) is 4.98 Å². The van der Waals surface area contributed by atoms with Crippen LogP contribution >= 0.6 is 11.6 Å². The highest BCUT2D eigenvalue weighted by Crippen LogP contribution is 2.27. The highest BCUT2D eigenvalue weighted by Gasteiger charge is 2.25. The third-order valence-corrected chi connectivity index (χ3v) is 3.86. The molecule has 1 N–H and O–H groups in total. The second kappa shape index (κ2) is 6.23. The van der Waals surface area contributed by atoms with E-state index in [0.29, 0.717) is 29.7 Å². The quantitative estimate of drug-likeness (QED) is 0.854. The molecule has 4 nitrogen and oxygen atoms in total. The van der Waals surface area contributed by atoms with Gasteiger partial charge in [0.2, 0.25) is 11.8 Å². The molecule has 1 aromatic rings. The Balaban J connectivity index is 2.09. The largest absolute Gasteiger partial charge is 0.481 e. The first kappa shape index (κ1) is 13.4. The SMILES string of the molecule is COc1cc(C)nc(NC2CCCCC2CCl)n1. The maximum Gasteiger partial charge on any atom is 0.226 e. The second-order valence-corrected chi connectivity index (χ2v) is 5.13. The zero-order valence-electron chi connectivity index (χ0n) is 10.9. The van der Waals surface area contributed by atoms with Crippen LogP contribution in [-0.2, 0) is 0 Å². The molecular weight excluding hydrogens is 250 g/mol. The number of aryl methyl sites for hydroxylation is 1. The van der Waals surface area contributed by atoms with E-state index in [4.69, 9.17) is 16.3 Å². The smallest absolute Gasteiger partial charge is 0.226 e. The molecule has 1 fully saturated rings. The Morgan fingerprint density at radius 1 is 1.39 bits per heavy atom. The van der Waals surface area contributed by atoms with Gasteiger partial charge in [-0.3, -0.25) is 0 Å². The molecular formula is C13H20ClN3O. The zero-order chi connectivity index (χ0) is 13.0. The van der Waals surface area contributed by atoms with Gasteiger partial charge in [0.1, 0.15) is 0 Å². The number of rotatable bonds is 4. The van der Waals surface area contributed by atoms with E-state index < -0.39 is 0 Å². The number of ether oxygens (including phenoxy) is 1. The molecule has 0 radical (unpaired) electrons. The summed E-state index contributed by atoms with van der Waals surface area (Å²) in [6.45, 7) is 1.94. The van der Waals surface area contributed by atoms with E-state index >= 15 is 0 Å². The number of methoxy groups -OCH3 is 1. The Bertz CT molecular complexity index is 400. The minimum Gasteiger partial charge on any atom is -0.481 e. The van der Waals surface area contributed by atoms with Gasteiger partial charge >= 0.3 is 0 Å². The number of anilines is 1. The number of hydrogen-bond acceptors (Lipinski definition) is 4. The van der Waals surface area contributed by atoms with Crippen molar-refractivity contribution in [3.05, 3.63) is 11.8 Å². The molecule has 1 saturated carbocycles. The molecule has 1 aliphatic carbocycles. The summed E-state index contributed by atoms with van der Waals surface area (Å²) < 4.78 is 5.16. The highest BCUT2D eigenvalue weighted by molar-refractivity contribution is 6.18. The van der Waals surface area contributed by atoms with Gasteiger partial charge in [0, 0.05) is 23.7 Å². The van der Waals surface area contributed by atoms with Crippen LogP contribution in [0.4, 0.5) is 5.95 Å². The molecule has 2 unspecified atom stereocenters. The maximum atomic E-state index is 6.03. The Kier molecular flexibility index (Phi) is 4.64. The van der Waals surface area contributed by atoms with Crippen molar-refractivity contribution in [2.75, 3.05) is 18.3 Å². The molecule has 2 rings (SSSR count). The predicted octanol–water partition coefficient (Wildman–Crippen LogP) is 3.00. The predicted molar refractivity (Wildman–Crippen MR) is 73.4 cm³/mol. The molecule has 0 spiro atoms. The lowest BCUT2D eigenvalue weighted by atomic mass is 9.86. The van der Waals surface area contributed by atoms with Crippen LogP contribution in [0.3, 0.4) is 0 Å². The zero-order valence-corrected chi connectivity index (χ0v) is 11.7. The van der Waals surface area contributed by atoms with Crippen LogP contribution in [0.1, 0.15) is 31.4 Å². The second-order valence-electron chi connectivity index (χ2n) is 4.82. The molecule has 0 aromatic carbocycles. The lowest BCUT2D eigenvalue weighted by Gasteiger charge is -2.30. The summed E-state index contributed by atoms with van der Waals surface area (Å²) >= 11 is 6.03. The normalized spacial score (nSPS) is 23.7. The standard InChI is InChI=1S/C13H20ClN3O/c1-9-7-12(18-2)17-13(15-9)16-11-6-4-3-5-10(11)8-14/h7,10-11H,3-6,8H2,1-2H3,(H,15,16,17). The van der Waals surface area contributed by atoms with Crippen LogP contribution in [0.15, 0.2) is 6.07 Å². The first-order chi connectivity index (χ1) is 8.72. The molecule has 5 heteroatoms. The van der Waals surface area contributed by atoms with E-state index in [0.717, 1.165) is 12.1 Å². The van der Waals surface area contributed by atoms with Crippen LogP contribution in [0, 0.1) is 12.8 Å². The Morgan fingerprint density at radius 3 is 2.89 bits per heavy atom. The van der Waals surface area contributed by atoms with Crippen molar-refractivity contribution in [3.63, 3.8) is 0 Å². The van der Waals surface area contributed by atoms with Gasteiger partial charge in [0.05, 0.1) is 7.11 Å². The molecule has 18 heavy (non-hydrogen) atoms. The van der Waals surface area contributed by atoms with E-state index in [2.05, 4.69) is 15.3 Å². The maximum absolute atomic E-state index is 6.03. The molecule has 0 aliphatic heterocycles. The minimum atomic E-state index is 0.378. The van der Waals surface area contributed by atoms with Crippen molar-refractivity contribution >= 4 is 17.5 Å². The number of nitrogens with one attached hydrogen (secondary N) is 1. The number of halogens is 1. The Hall–Kier alpha value is -1.03. The van der Waals surface area contributed by atoms with Crippen LogP contribution in [0.25, 0.3) is 0 Å². The third kappa shape index (κ3) is 3.25. The molecule has 1 aromatic heterocycles. The Labute approximate surface area is 113 Å². The fourth-order valence-electron chi connectivity index (χ4n) is 2.46. The molecule has 0 bridgehead atoms. The van der Waals surface area contributed by atoms with Crippen molar-refractivity contribution < 1.29 is 4.74 Å². The lowest BCUT2D eigenvalue weighted by Crippen LogP contribution is -2.34. The summed E-state index contributed by atoms with van der Waals surface area (Å²) in [5.74, 6) is 2.45. The van der Waals surface area contributed by atoms with E-state index in [9.17, 15) is 0 Å². The average Bonchev–Trinajstić information content (AvgIpc) is 2.38. The van der Waals surface area contributed by atoms with Crippen LogP contribution in [0.2, 0.25) is 0 Å². The summed E-state index contributed by atoms with van der Waals surface area (Å²) in [7, 11) is 1.62. The summed E-state index contributed by atoms with van der Waals surface area (Å²) in [6.07, 6.45) is 4.84. The number of hydrogen-bond donors (Lipinski definition) is 1. The summed E-state index contributed by atoms with van der Waals surface area (Å²) in [6, 6.07) is 2.20. The van der Waals surface area contributed by atoms with Gasteiger partial charge in [0.15, 0.2) is 0 Å².